The molecule has 3 N–H and O–H groups in total. The number of hydrogen-bond acceptors (Lipinski definition) is 5. The van der Waals surface area contributed by atoms with Gasteiger partial charge in [0.25, 0.3) is 5.56 Å². The van der Waals surface area contributed by atoms with Gasteiger partial charge in [0.15, 0.2) is 5.69 Å². The number of rotatable bonds is 8. The summed E-state index contributed by atoms with van der Waals surface area (Å²) in [7, 11) is 1.51. The van der Waals surface area contributed by atoms with Crippen LogP contribution in [0.5, 0.6) is 5.75 Å². The zero-order valence-corrected chi connectivity index (χ0v) is 19.5. The number of amides is 2. The third-order valence-corrected chi connectivity index (χ3v) is 5.31. The predicted molar refractivity (Wildman–Crippen MR) is 130 cm³/mol. The van der Waals surface area contributed by atoms with E-state index in [0.29, 0.717) is 6.42 Å². The number of nitrogens with zero attached hydrogens (tertiary/aromatic N) is 1. The number of esters is 1. The van der Waals surface area contributed by atoms with E-state index < -0.39 is 23.6 Å². The number of ether oxygens (including phenoxy) is 1. The summed E-state index contributed by atoms with van der Waals surface area (Å²) in [5.74, 6) is -0.810. The lowest BCUT2D eigenvalue weighted by Crippen LogP contribution is -2.36. The van der Waals surface area contributed by atoms with Crippen LogP contribution in [0.25, 0.3) is 0 Å². The van der Waals surface area contributed by atoms with Crippen LogP contribution < -0.4 is 16.2 Å². The van der Waals surface area contributed by atoms with Crippen LogP contribution in [0.2, 0.25) is 0 Å². The minimum absolute atomic E-state index is 0.0893. The number of hydrogen-bond donors (Lipinski definition) is 3. The SMILES string of the molecule is CCOC(=O)C[C@H](NC(=O)Nc1c(O)ccn(C)c1=O)c1cccc(Cc2cccc(C)c2)c1. The molecule has 3 rings (SSSR count). The van der Waals surface area contributed by atoms with Crippen LogP contribution in [0.1, 0.15) is 41.6 Å². The molecular formula is C26H29N3O5. The van der Waals surface area contributed by atoms with Gasteiger partial charge in [-0.05, 0) is 43.0 Å². The fourth-order valence-electron chi connectivity index (χ4n) is 3.66. The Bertz CT molecular complexity index is 1240. The van der Waals surface area contributed by atoms with Crippen LogP contribution in [0.15, 0.2) is 65.6 Å². The fourth-order valence-corrected chi connectivity index (χ4v) is 3.66. The van der Waals surface area contributed by atoms with Gasteiger partial charge in [-0.1, -0.05) is 54.1 Å². The van der Waals surface area contributed by atoms with E-state index in [1.165, 1.54) is 29.4 Å². The lowest BCUT2D eigenvalue weighted by Gasteiger charge is -2.20. The van der Waals surface area contributed by atoms with Crippen LogP contribution in [-0.4, -0.2) is 28.3 Å². The molecular weight excluding hydrogens is 434 g/mol. The molecule has 0 spiro atoms. The van der Waals surface area contributed by atoms with Gasteiger partial charge in [0.05, 0.1) is 19.1 Å². The van der Waals surface area contributed by atoms with E-state index in [-0.39, 0.29) is 24.5 Å². The molecule has 0 bridgehead atoms. The van der Waals surface area contributed by atoms with Crippen LogP contribution in [0, 0.1) is 6.92 Å². The van der Waals surface area contributed by atoms with Crippen molar-refractivity contribution in [1.29, 1.82) is 0 Å². The monoisotopic (exact) mass is 463 g/mol. The summed E-state index contributed by atoms with van der Waals surface area (Å²) < 4.78 is 6.32. The molecule has 2 amide bonds. The molecule has 0 unspecified atom stereocenters. The molecule has 2 aromatic carbocycles. The summed E-state index contributed by atoms with van der Waals surface area (Å²) in [5.41, 5.74) is 3.26. The molecule has 3 aromatic rings. The normalized spacial score (nSPS) is 11.5. The van der Waals surface area contributed by atoms with Crippen molar-refractivity contribution in [3.63, 3.8) is 0 Å². The van der Waals surface area contributed by atoms with Crippen molar-refractivity contribution in [3.8, 4) is 5.75 Å². The van der Waals surface area contributed by atoms with Gasteiger partial charge in [-0.25, -0.2) is 4.79 Å². The number of aromatic hydroxyl groups is 1. The van der Waals surface area contributed by atoms with Crippen LogP contribution in [0.3, 0.4) is 0 Å². The molecule has 1 aromatic heterocycles. The summed E-state index contributed by atoms with van der Waals surface area (Å²) in [6, 6.07) is 15.7. The number of benzene rings is 2. The topological polar surface area (TPSA) is 110 Å². The summed E-state index contributed by atoms with van der Waals surface area (Å²) in [6.07, 6.45) is 2.00. The van der Waals surface area contributed by atoms with Crippen molar-refractivity contribution in [2.75, 3.05) is 11.9 Å². The zero-order chi connectivity index (χ0) is 24.7. The number of aromatic nitrogens is 1. The molecule has 0 aliphatic carbocycles. The second-order valence-electron chi connectivity index (χ2n) is 8.06. The Labute approximate surface area is 198 Å². The van der Waals surface area contributed by atoms with Gasteiger partial charge in [-0.15, -0.1) is 0 Å². The number of nitrogens with one attached hydrogen (secondary N) is 2. The van der Waals surface area contributed by atoms with Crippen molar-refractivity contribution in [2.24, 2.45) is 7.05 Å². The van der Waals surface area contributed by atoms with Crippen molar-refractivity contribution in [1.82, 2.24) is 9.88 Å². The number of anilines is 1. The van der Waals surface area contributed by atoms with Gasteiger partial charge < -0.3 is 25.0 Å². The first-order valence-electron chi connectivity index (χ1n) is 11.0. The third-order valence-electron chi connectivity index (χ3n) is 5.31. The quantitative estimate of drug-likeness (QED) is 0.440. The lowest BCUT2D eigenvalue weighted by atomic mass is 9.97. The Hall–Kier alpha value is -4.07. The summed E-state index contributed by atoms with van der Waals surface area (Å²) in [5, 5.41) is 15.1. The molecule has 0 fully saturated rings. The lowest BCUT2D eigenvalue weighted by molar-refractivity contribution is -0.143. The number of carbonyl (C=O) groups excluding carboxylic acids is 2. The van der Waals surface area contributed by atoms with E-state index in [1.807, 2.05) is 49.4 Å². The maximum Gasteiger partial charge on any atom is 0.319 e. The Balaban J connectivity index is 1.83. The molecule has 0 saturated heterocycles. The molecule has 1 heterocycles. The highest BCUT2D eigenvalue weighted by atomic mass is 16.5. The first-order chi connectivity index (χ1) is 16.3. The highest BCUT2D eigenvalue weighted by molar-refractivity contribution is 5.91. The van der Waals surface area contributed by atoms with Crippen molar-refractivity contribution in [2.45, 2.75) is 32.7 Å². The van der Waals surface area contributed by atoms with Gasteiger partial charge >= 0.3 is 12.0 Å². The van der Waals surface area contributed by atoms with Gasteiger partial charge in [0, 0.05) is 13.2 Å². The average Bonchev–Trinajstić information content (AvgIpc) is 2.79. The second kappa shape index (κ2) is 11.2. The molecule has 8 heteroatoms. The number of carbonyl (C=O) groups is 2. The molecule has 0 aliphatic rings. The summed E-state index contributed by atoms with van der Waals surface area (Å²) in [4.78, 5) is 37.2. The standard InChI is InChI=1S/C26H29N3O5/c1-4-34-23(31)16-21(27-26(33)28-24-22(30)11-12-29(3)25(24)32)20-10-6-9-19(15-20)14-18-8-5-7-17(2)13-18/h5-13,15,21,30H,4,14,16H2,1-3H3,(H2,27,28,33)/t21-/m0/s1. The fraction of sp³-hybridized carbons (Fsp3) is 0.269. The minimum Gasteiger partial charge on any atom is -0.505 e. The van der Waals surface area contributed by atoms with Crippen LogP contribution in [0.4, 0.5) is 10.5 Å². The van der Waals surface area contributed by atoms with Crippen LogP contribution in [-0.2, 0) is 23.0 Å². The molecule has 178 valence electrons. The minimum atomic E-state index is -0.725. The number of aryl methyl sites for hydroxylation is 2. The van der Waals surface area contributed by atoms with E-state index in [1.54, 1.807) is 6.92 Å². The highest BCUT2D eigenvalue weighted by Gasteiger charge is 2.21. The molecule has 34 heavy (non-hydrogen) atoms. The first-order valence-corrected chi connectivity index (χ1v) is 11.0. The third kappa shape index (κ3) is 6.48. The predicted octanol–water partition coefficient (Wildman–Crippen LogP) is 3.81. The Morgan fingerprint density at radius 3 is 2.50 bits per heavy atom. The van der Waals surface area contributed by atoms with Crippen molar-refractivity contribution >= 4 is 17.7 Å². The Morgan fingerprint density at radius 1 is 1.09 bits per heavy atom. The first kappa shape index (κ1) is 24.6. The Kier molecular flexibility index (Phi) is 8.08. The molecule has 0 aliphatic heterocycles. The van der Waals surface area contributed by atoms with Gasteiger partial charge in [0.2, 0.25) is 0 Å². The molecule has 1 atom stereocenters. The number of urea groups is 1. The summed E-state index contributed by atoms with van der Waals surface area (Å²) in [6.45, 7) is 3.97. The molecule has 8 nitrogen and oxygen atoms in total. The van der Waals surface area contributed by atoms with E-state index in [9.17, 15) is 19.5 Å². The maximum atomic E-state index is 12.7. The van der Waals surface area contributed by atoms with Gasteiger partial charge in [-0.2, -0.15) is 0 Å². The largest absolute Gasteiger partial charge is 0.505 e. The van der Waals surface area contributed by atoms with E-state index in [4.69, 9.17) is 4.74 Å². The molecule has 0 saturated carbocycles. The average molecular weight is 464 g/mol. The number of pyridine rings is 1. The van der Waals surface area contributed by atoms with Gasteiger partial charge in [-0.3, -0.25) is 9.59 Å². The smallest absolute Gasteiger partial charge is 0.319 e. The van der Waals surface area contributed by atoms with E-state index in [2.05, 4.69) is 16.7 Å². The highest BCUT2D eigenvalue weighted by Crippen LogP contribution is 2.22. The van der Waals surface area contributed by atoms with E-state index in [0.717, 1.165) is 16.7 Å². The van der Waals surface area contributed by atoms with Crippen molar-refractivity contribution < 1.29 is 19.4 Å². The van der Waals surface area contributed by atoms with Crippen LogP contribution >= 0.6 is 0 Å². The van der Waals surface area contributed by atoms with Crippen molar-refractivity contribution in [3.05, 3.63) is 93.4 Å². The second-order valence-corrected chi connectivity index (χ2v) is 8.06. The zero-order valence-electron chi connectivity index (χ0n) is 19.5. The summed E-state index contributed by atoms with van der Waals surface area (Å²) >= 11 is 0. The molecule has 0 radical (unpaired) electrons. The Morgan fingerprint density at radius 2 is 1.79 bits per heavy atom. The van der Waals surface area contributed by atoms with E-state index >= 15 is 0 Å². The van der Waals surface area contributed by atoms with Gasteiger partial charge in [0.1, 0.15) is 5.75 Å². The maximum absolute atomic E-state index is 12.7.